The molecule has 7 nitrogen and oxygen atoms in total. The highest BCUT2D eigenvalue weighted by atomic mass is 16.6. The SMILES string of the molecule is CC(C)(C)c1ccc(C2C(C(=O)c3ccco3)=C(O)C(=O)N2c2ccc3c(c2)OCCO3)cc1. The number of ketones is 1. The van der Waals surface area contributed by atoms with Crippen molar-refractivity contribution < 1.29 is 28.6 Å². The van der Waals surface area contributed by atoms with Gasteiger partial charge in [0.2, 0.25) is 5.78 Å². The predicted octanol–water partition coefficient (Wildman–Crippen LogP) is 5.13. The molecule has 34 heavy (non-hydrogen) atoms. The minimum Gasteiger partial charge on any atom is -0.503 e. The Kier molecular flexibility index (Phi) is 5.20. The van der Waals surface area contributed by atoms with Gasteiger partial charge in [0, 0.05) is 11.8 Å². The zero-order valence-electron chi connectivity index (χ0n) is 19.2. The fraction of sp³-hybridized carbons (Fsp3) is 0.259. The molecule has 0 fully saturated rings. The molecule has 0 spiro atoms. The van der Waals surface area contributed by atoms with Gasteiger partial charge in [0.1, 0.15) is 13.2 Å². The van der Waals surface area contributed by atoms with Crippen LogP contribution in [0, 0.1) is 0 Å². The highest BCUT2D eigenvalue weighted by Gasteiger charge is 2.45. The van der Waals surface area contributed by atoms with Crippen molar-refractivity contribution in [3.8, 4) is 11.5 Å². The van der Waals surface area contributed by atoms with Crippen molar-refractivity contribution in [3.05, 3.63) is 89.1 Å². The molecule has 0 saturated carbocycles. The van der Waals surface area contributed by atoms with Crippen LogP contribution < -0.4 is 14.4 Å². The lowest BCUT2D eigenvalue weighted by atomic mass is 9.85. The summed E-state index contributed by atoms with van der Waals surface area (Å²) >= 11 is 0. The number of aliphatic hydroxyl groups is 1. The van der Waals surface area contributed by atoms with Gasteiger partial charge in [-0.05, 0) is 40.8 Å². The smallest absolute Gasteiger partial charge is 0.294 e. The molecule has 3 aromatic rings. The zero-order chi connectivity index (χ0) is 24.0. The Morgan fingerprint density at radius 3 is 2.35 bits per heavy atom. The first kappa shape index (κ1) is 21.8. The third-order valence-electron chi connectivity index (χ3n) is 6.09. The Bertz CT molecular complexity index is 1280. The van der Waals surface area contributed by atoms with Crippen molar-refractivity contribution in [2.75, 3.05) is 18.1 Å². The maximum atomic E-state index is 13.3. The molecule has 3 heterocycles. The van der Waals surface area contributed by atoms with E-state index in [0.717, 1.165) is 5.56 Å². The molecule has 0 saturated heterocycles. The van der Waals surface area contributed by atoms with Crippen LogP contribution in [0.5, 0.6) is 11.5 Å². The molecule has 1 amide bonds. The quantitative estimate of drug-likeness (QED) is 0.544. The van der Waals surface area contributed by atoms with E-state index in [4.69, 9.17) is 13.9 Å². The van der Waals surface area contributed by atoms with E-state index in [1.54, 1.807) is 24.3 Å². The molecule has 1 unspecified atom stereocenters. The summed E-state index contributed by atoms with van der Waals surface area (Å²) in [6, 6.07) is 15.1. The maximum absolute atomic E-state index is 13.3. The highest BCUT2D eigenvalue weighted by molar-refractivity contribution is 6.20. The second-order valence-corrected chi connectivity index (χ2v) is 9.35. The number of rotatable bonds is 4. The first-order chi connectivity index (χ1) is 16.3. The van der Waals surface area contributed by atoms with Crippen molar-refractivity contribution in [2.24, 2.45) is 0 Å². The third-order valence-corrected chi connectivity index (χ3v) is 6.09. The molecular formula is C27H25NO6. The molecule has 0 bridgehead atoms. The van der Waals surface area contributed by atoms with Gasteiger partial charge in [-0.15, -0.1) is 0 Å². The summed E-state index contributed by atoms with van der Waals surface area (Å²) < 4.78 is 16.6. The Balaban J connectivity index is 1.63. The van der Waals surface area contributed by atoms with Gasteiger partial charge in [-0.3, -0.25) is 14.5 Å². The first-order valence-electron chi connectivity index (χ1n) is 11.1. The number of amides is 1. The van der Waals surface area contributed by atoms with Crippen LogP contribution in [0.25, 0.3) is 0 Å². The number of carbonyl (C=O) groups is 2. The van der Waals surface area contributed by atoms with Crippen molar-refractivity contribution in [2.45, 2.75) is 32.2 Å². The number of carbonyl (C=O) groups excluding carboxylic acids is 2. The van der Waals surface area contributed by atoms with Gasteiger partial charge in [-0.25, -0.2) is 0 Å². The number of hydrogen-bond donors (Lipinski definition) is 1. The molecule has 1 N–H and O–H groups in total. The van der Waals surface area contributed by atoms with Crippen molar-refractivity contribution in [3.63, 3.8) is 0 Å². The van der Waals surface area contributed by atoms with Gasteiger partial charge in [0.25, 0.3) is 5.91 Å². The fourth-order valence-corrected chi connectivity index (χ4v) is 4.31. The summed E-state index contributed by atoms with van der Waals surface area (Å²) in [5.74, 6) is -0.673. The van der Waals surface area contributed by atoms with Gasteiger partial charge in [-0.1, -0.05) is 45.0 Å². The molecule has 7 heteroatoms. The van der Waals surface area contributed by atoms with E-state index in [0.29, 0.717) is 36.0 Å². The molecule has 2 aliphatic heterocycles. The minimum atomic E-state index is -0.846. The molecule has 1 atom stereocenters. The van der Waals surface area contributed by atoms with Gasteiger partial charge >= 0.3 is 0 Å². The average molecular weight is 459 g/mol. The summed E-state index contributed by atoms with van der Waals surface area (Å²) in [7, 11) is 0. The zero-order valence-corrected chi connectivity index (χ0v) is 19.2. The van der Waals surface area contributed by atoms with Crippen molar-refractivity contribution >= 4 is 17.4 Å². The van der Waals surface area contributed by atoms with E-state index < -0.39 is 23.5 Å². The first-order valence-corrected chi connectivity index (χ1v) is 11.1. The maximum Gasteiger partial charge on any atom is 0.294 e. The molecule has 0 radical (unpaired) electrons. The van der Waals surface area contributed by atoms with Crippen LogP contribution in [-0.4, -0.2) is 30.0 Å². The van der Waals surface area contributed by atoms with E-state index in [2.05, 4.69) is 20.8 Å². The summed E-state index contributed by atoms with van der Waals surface area (Å²) in [5, 5.41) is 10.9. The summed E-state index contributed by atoms with van der Waals surface area (Å²) in [6.07, 6.45) is 1.38. The number of fused-ring (bicyclic) bond motifs is 1. The van der Waals surface area contributed by atoms with Crippen LogP contribution in [-0.2, 0) is 10.2 Å². The molecule has 0 aliphatic carbocycles. The van der Waals surface area contributed by atoms with E-state index in [9.17, 15) is 14.7 Å². The Labute approximate surface area is 197 Å². The molecule has 174 valence electrons. The van der Waals surface area contributed by atoms with Gasteiger partial charge in [0.15, 0.2) is 23.0 Å². The minimum absolute atomic E-state index is 0.0293. The number of hydrogen-bond acceptors (Lipinski definition) is 6. The van der Waals surface area contributed by atoms with E-state index in [-0.39, 0.29) is 16.7 Å². The molecule has 2 aromatic carbocycles. The number of aliphatic hydroxyl groups excluding tert-OH is 1. The topological polar surface area (TPSA) is 89.2 Å². The van der Waals surface area contributed by atoms with Crippen molar-refractivity contribution in [1.82, 2.24) is 0 Å². The van der Waals surface area contributed by atoms with E-state index in [1.807, 2.05) is 24.3 Å². The van der Waals surface area contributed by atoms with Crippen LogP contribution >= 0.6 is 0 Å². The van der Waals surface area contributed by atoms with Crippen LogP contribution in [0.1, 0.15) is 48.5 Å². The van der Waals surface area contributed by atoms with E-state index in [1.165, 1.54) is 17.2 Å². The highest BCUT2D eigenvalue weighted by Crippen LogP contribution is 2.44. The van der Waals surface area contributed by atoms with Crippen LogP contribution in [0.3, 0.4) is 0 Å². The average Bonchev–Trinajstić information content (AvgIpc) is 3.45. The second-order valence-electron chi connectivity index (χ2n) is 9.35. The Hall–Kier alpha value is -4.00. The lowest BCUT2D eigenvalue weighted by molar-refractivity contribution is -0.117. The molecule has 5 rings (SSSR count). The Morgan fingerprint density at radius 1 is 1.00 bits per heavy atom. The number of ether oxygens (including phenoxy) is 2. The van der Waals surface area contributed by atoms with Crippen LogP contribution in [0.4, 0.5) is 5.69 Å². The monoisotopic (exact) mass is 459 g/mol. The van der Waals surface area contributed by atoms with Gasteiger partial charge in [-0.2, -0.15) is 0 Å². The lowest BCUT2D eigenvalue weighted by Gasteiger charge is -2.29. The number of furan rings is 1. The second kappa shape index (κ2) is 8.09. The fourth-order valence-electron chi connectivity index (χ4n) is 4.31. The summed E-state index contributed by atoms with van der Waals surface area (Å²) in [5.41, 5.74) is 2.18. The van der Waals surface area contributed by atoms with Gasteiger partial charge in [0.05, 0.1) is 17.9 Å². The predicted molar refractivity (Wildman–Crippen MR) is 125 cm³/mol. The summed E-state index contributed by atoms with van der Waals surface area (Å²) in [4.78, 5) is 28.1. The van der Waals surface area contributed by atoms with Crippen LogP contribution in [0.2, 0.25) is 0 Å². The molecule has 1 aromatic heterocycles. The number of anilines is 1. The molecular weight excluding hydrogens is 434 g/mol. The number of Topliss-reactive ketones (excluding diaryl/α,β-unsaturated/α-hetero) is 1. The number of benzene rings is 2. The standard InChI is InChI=1S/C27H25NO6/c1-27(2,3)17-8-6-16(7-9-17)23-22(24(29)20-5-4-12-32-20)25(30)26(31)28(23)18-10-11-19-21(15-18)34-14-13-33-19/h4-12,15,23,30H,13-14H2,1-3H3. The number of nitrogens with zero attached hydrogens (tertiary/aromatic N) is 1. The van der Waals surface area contributed by atoms with Crippen LogP contribution in [0.15, 0.2) is 76.6 Å². The Morgan fingerprint density at radius 2 is 1.71 bits per heavy atom. The molecule has 2 aliphatic rings. The van der Waals surface area contributed by atoms with E-state index >= 15 is 0 Å². The lowest BCUT2D eigenvalue weighted by Crippen LogP contribution is -2.31. The van der Waals surface area contributed by atoms with Crippen molar-refractivity contribution in [1.29, 1.82) is 0 Å². The van der Waals surface area contributed by atoms with Gasteiger partial charge < -0.3 is 19.0 Å². The third kappa shape index (κ3) is 3.63. The largest absolute Gasteiger partial charge is 0.503 e. The normalized spacial score (nSPS) is 17.9. The summed E-state index contributed by atoms with van der Waals surface area (Å²) in [6.45, 7) is 7.18.